The molecule has 2 aromatic heterocycles. The van der Waals surface area contributed by atoms with E-state index in [0.717, 1.165) is 86.7 Å². The van der Waals surface area contributed by atoms with Gasteiger partial charge in [0.15, 0.2) is 5.82 Å². The van der Waals surface area contributed by atoms with E-state index in [1.54, 1.807) is 0 Å². The number of nitrogens with zero attached hydrogens (tertiary/aromatic N) is 6. The number of nitrogens with one attached hydrogen (secondary N) is 1. The Kier molecular flexibility index (Phi) is 8.80. The first-order valence-corrected chi connectivity index (χ1v) is 13.8. The van der Waals surface area contributed by atoms with Gasteiger partial charge in [-0.3, -0.25) is 14.6 Å². The van der Waals surface area contributed by atoms with Crippen LogP contribution in [0.3, 0.4) is 0 Å². The van der Waals surface area contributed by atoms with E-state index in [1.165, 1.54) is 19.3 Å². The second-order valence-electron chi connectivity index (χ2n) is 10.2. The Morgan fingerprint density at radius 3 is 2.78 bits per heavy atom. The molecule has 1 N–H and O–H groups in total. The van der Waals surface area contributed by atoms with Gasteiger partial charge >= 0.3 is 0 Å². The minimum absolute atomic E-state index is 0.0540. The molecule has 200 valence electrons. The van der Waals surface area contributed by atoms with E-state index in [4.69, 9.17) is 9.47 Å². The number of hydrogen-bond donors (Lipinski definition) is 1. The summed E-state index contributed by atoms with van der Waals surface area (Å²) in [4.78, 5) is 20.9. The molecule has 3 aromatic rings. The van der Waals surface area contributed by atoms with Gasteiger partial charge in [0.1, 0.15) is 5.75 Å². The van der Waals surface area contributed by atoms with Gasteiger partial charge in [-0.05, 0) is 67.4 Å². The van der Waals surface area contributed by atoms with E-state index in [9.17, 15) is 4.79 Å². The van der Waals surface area contributed by atoms with Gasteiger partial charge in [0, 0.05) is 42.6 Å². The van der Waals surface area contributed by atoms with Crippen molar-refractivity contribution in [1.29, 1.82) is 0 Å². The second-order valence-corrected chi connectivity index (χ2v) is 10.2. The van der Waals surface area contributed by atoms with Gasteiger partial charge in [0.2, 0.25) is 0 Å². The van der Waals surface area contributed by atoms with E-state index < -0.39 is 0 Å². The molecule has 10 nitrogen and oxygen atoms in total. The molecule has 3 heterocycles. The van der Waals surface area contributed by atoms with Crippen molar-refractivity contribution < 1.29 is 9.47 Å². The minimum atomic E-state index is -0.0540. The highest BCUT2D eigenvalue weighted by Gasteiger charge is 2.22. The van der Waals surface area contributed by atoms with Crippen LogP contribution in [0.2, 0.25) is 0 Å². The Hall–Kier alpha value is -2.82. The quantitative estimate of drug-likeness (QED) is 0.421. The first-order chi connectivity index (χ1) is 18.2. The number of benzene rings is 1. The maximum Gasteiger partial charge on any atom is 0.252 e. The van der Waals surface area contributed by atoms with Crippen LogP contribution in [0.4, 0.5) is 0 Å². The lowest BCUT2D eigenvalue weighted by Gasteiger charge is -2.28. The second kappa shape index (κ2) is 12.6. The third-order valence-corrected chi connectivity index (χ3v) is 7.50. The van der Waals surface area contributed by atoms with Gasteiger partial charge in [-0.2, -0.15) is 0 Å². The molecule has 0 spiro atoms. The Morgan fingerprint density at radius 1 is 1.14 bits per heavy atom. The van der Waals surface area contributed by atoms with Crippen molar-refractivity contribution in [2.45, 2.75) is 64.6 Å². The normalized spacial score (nSPS) is 17.6. The standard InChI is InChI=1S/C27H39N7O3/c1-2-37-24-9-10-25-21(18-24)17-22(27(35)28-25)19-33(12-6-11-32-13-15-36-16-14-32)20-26-29-30-31-34(26)23-7-4-3-5-8-23/h9-10,17-18,23H,2-8,11-16,19-20H2,1H3,(H,28,35). The number of tetrazole rings is 1. The Morgan fingerprint density at radius 2 is 1.97 bits per heavy atom. The number of fused-ring (bicyclic) bond motifs is 1. The lowest BCUT2D eigenvalue weighted by molar-refractivity contribution is 0.0358. The highest BCUT2D eigenvalue weighted by Crippen LogP contribution is 2.28. The molecule has 2 fully saturated rings. The Bertz CT molecular complexity index is 1200. The van der Waals surface area contributed by atoms with Gasteiger partial charge in [0.25, 0.3) is 5.56 Å². The van der Waals surface area contributed by atoms with Crippen molar-refractivity contribution in [1.82, 2.24) is 35.0 Å². The molecule has 37 heavy (non-hydrogen) atoms. The predicted octanol–water partition coefficient (Wildman–Crippen LogP) is 3.14. The van der Waals surface area contributed by atoms with Crippen LogP contribution in [0, 0.1) is 0 Å². The van der Waals surface area contributed by atoms with Crippen molar-refractivity contribution in [2.75, 3.05) is 46.0 Å². The smallest absolute Gasteiger partial charge is 0.252 e. The average molecular weight is 510 g/mol. The zero-order valence-electron chi connectivity index (χ0n) is 21.9. The van der Waals surface area contributed by atoms with Crippen molar-refractivity contribution >= 4 is 10.9 Å². The zero-order valence-corrected chi connectivity index (χ0v) is 21.9. The third-order valence-electron chi connectivity index (χ3n) is 7.50. The topological polar surface area (TPSA) is 101 Å². The van der Waals surface area contributed by atoms with Gasteiger partial charge < -0.3 is 14.5 Å². The van der Waals surface area contributed by atoms with Gasteiger partial charge in [-0.1, -0.05) is 19.3 Å². The summed E-state index contributed by atoms with van der Waals surface area (Å²) >= 11 is 0. The van der Waals surface area contributed by atoms with Crippen molar-refractivity contribution in [3.63, 3.8) is 0 Å². The lowest BCUT2D eigenvalue weighted by atomic mass is 9.95. The van der Waals surface area contributed by atoms with Crippen LogP contribution < -0.4 is 10.3 Å². The van der Waals surface area contributed by atoms with Crippen LogP contribution in [-0.4, -0.2) is 81.0 Å². The van der Waals surface area contributed by atoms with Crippen molar-refractivity contribution in [3.8, 4) is 5.75 Å². The van der Waals surface area contributed by atoms with Crippen LogP contribution in [0.1, 0.15) is 62.9 Å². The van der Waals surface area contributed by atoms with E-state index >= 15 is 0 Å². The molecule has 5 rings (SSSR count). The van der Waals surface area contributed by atoms with Crippen molar-refractivity contribution in [3.05, 3.63) is 46.0 Å². The highest BCUT2D eigenvalue weighted by molar-refractivity contribution is 5.80. The molecule has 0 atom stereocenters. The summed E-state index contributed by atoms with van der Waals surface area (Å²) in [5.74, 6) is 1.69. The molecule has 0 bridgehead atoms. The van der Waals surface area contributed by atoms with Crippen LogP contribution in [0.5, 0.6) is 5.75 Å². The molecule has 0 amide bonds. The van der Waals surface area contributed by atoms with Crippen LogP contribution in [0.25, 0.3) is 10.9 Å². The van der Waals surface area contributed by atoms with Gasteiger partial charge in [0.05, 0.1) is 32.4 Å². The fourth-order valence-corrected chi connectivity index (χ4v) is 5.53. The van der Waals surface area contributed by atoms with E-state index in [0.29, 0.717) is 25.7 Å². The average Bonchev–Trinajstić information content (AvgIpc) is 3.38. The van der Waals surface area contributed by atoms with Gasteiger partial charge in [-0.15, -0.1) is 5.10 Å². The zero-order chi connectivity index (χ0) is 25.5. The fraction of sp³-hybridized carbons (Fsp3) is 0.630. The van der Waals surface area contributed by atoms with E-state index in [-0.39, 0.29) is 5.56 Å². The number of aromatic nitrogens is 5. The number of aromatic amines is 1. The Labute approximate surface area is 217 Å². The molecular formula is C27H39N7O3. The summed E-state index contributed by atoms with van der Waals surface area (Å²) in [5.41, 5.74) is 1.50. The fourth-order valence-electron chi connectivity index (χ4n) is 5.53. The van der Waals surface area contributed by atoms with E-state index in [1.807, 2.05) is 35.9 Å². The maximum absolute atomic E-state index is 13.0. The summed E-state index contributed by atoms with van der Waals surface area (Å²) in [5, 5.41) is 13.8. The van der Waals surface area contributed by atoms with Crippen LogP contribution >= 0.6 is 0 Å². The van der Waals surface area contributed by atoms with Crippen LogP contribution in [-0.2, 0) is 17.8 Å². The maximum atomic E-state index is 13.0. The number of rotatable bonds is 11. The largest absolute Gasteiger partial charge is 0.494 e. The number of pyridine rings is 1. The molecule has 1 aliphatic carbocycles. The summed E-state index contributed by atoms with van der Waals surface area (Å²) in [7, 11) is 0. The number of hydrogen-bond acceptors (Lipinski definition) is 8. The van der Waals surface area contributed by atoms with Crippen molar-refractivity contribution in [2.24, 2.45) is 0 Å². The number of H-pyrrole nitrogens is 1. The number of morpholine rings is 1. The SMILES string of the molecule is CCOc1ccc2[nH]c(=O)c(CN(CCCN3CCOCC3)Cc3nnnn3C3CCCCC3)cc2c1. The first-order valence-electron chi connectivity index (χ1n) is 13.8. The van der Waals surface area contributed by atoms with E-state index in [2.05, 4.69) is 30.3 Å². The lowest BCUT2D eigenvalue weighted by Crippen LogP contribution is -2.38. The monoisotopic (exact) mass is 509 g/mol. The molecule has 1 aliphatic heterocycles. The molecule has 10 heteroatoms. The molecule has 1 saturated heterocycles. The number of ether oxygens (including phenoxy) is 2. The predicted molar refractivity (Wildman–Crippen MR) is 142 cm³/mol. The molecule has 2 aliphatic rings. The summed E-state index contributed by atoms with van der Waals surface area (Å²) < 4.78 is 13.2. The minimum Gasteiger partial charge on any atom is -0.494 e. The molecule has 1 saturated carbocycles. The molecule has 1 aromatic carbocycles. The summed E-state index contributed by atoms with van der Waals surface area (Å²) in [6.07, 6.45) is 7.00. The summed E-state index contributed by atoms with van der Waals surface area (Å²) in [6.45, 7) is 9.15. The highest BCUT2D eigenvalue weighted by atomic mass is 16.5. The van der Waals surface area contributed by atoms with Crippen LogP contribution in [0.15, 0.2) is 29.1 Å². The molecular weight excluding hydrogens is 470 g/mol. The molecule has 0 radical (unpaired) electrons. The Balaban J connectivity index is 1.34. The molecule has 0 unspecified atom stereocenters. The first kappa shape index (κ1) is 25.8. The third kappa shape index (κ3) is 6.74. The summed E-state index contributed by atoms with van der Waals surface area (Å²) in [6, 6.07) is 8.16. The van der Waals surface area contributed by atoms with Gasteiger partial charge in [-0.25, -0.2) is 4.68 Å².